The summed E-state index contributed by atoms with van der Waals surface area (Å²) in [5.41, 5.74) is 5.49. The Kier molecular flexibility index (Phi) is 2.04. The molecule has 0 aliphatic heterocycles. The molecule has 4 saturated carbocycles. The van der Waals surface area contributed by atoms with Gasteiger partial charge in [-0.2, -0.15) is 0 Å². The smallest absolute Gasteiger partial charge is 0.0600 e. The largest absolute Gasteiger partial charge is 0.333 e. The fraction of sp³-hybridized carbons (Fsp3) is 0.455. The highest BCUT2D eigenvalue weighted by molar-refractivity contribution is 7.17. The van der Waals surface area contributed by atoms with Crippen LogP contribution in [0, 0.1) is 23.2 Å². The first-order chi connectivity index (χ1) is 11.8. The first-order valence-electron chi connectivity index (χ1n) is 9.47. The Hall–Kier alpha value is -1.54. The van der Waals surface area contributed by atoms with Crippen LogP contribution in [0.4, 0.5) is 0 Å². The summed E-state index contributed by atoms with van der Waals surface area (Å²) >= 11 is 1.91. The molecule has 5 atom stereocenters. The molecular formula is C22H21NS. The summed E-state index contributed by atoms with van der Waals surface area (Å²) in [5, 5.41) is 2.28. The number of aromatic nitrogens is 1. The number of fused-ring (bicyclic) bond motifs is 2. The van der Waals surface area contributed by atoms with Crippen LogP contribution in [-0.2, 0) is 5.54 Å². The third-order valence-electron chi connectivity index (χ3n) is 8.27. The molecule has 1 aromatic carbocycles. The van der Waals surface area contributed by atoms with E-state index in [-0.39, 0.29) is 0 Å². The molecule has 0 saturated heterocycles. The maximum Gasteiger partial charge on any atom is 0.0600 e. The number of rotatable bonds is 2. The first kappa shape index (κ1) is 12.8. The van der Waals surface area contributed by atoms with Gasteiger partial charge in [-0.3, -0.25) is 0 Å². The summed E-state index contributed by atoms with van der Waals surface area (Å²) in [5.74, 6) is 3.08. The maximum absolute atomic E-state index is 2.83. The van der Waals surface area contributed by atoms with E-state index in [2.05, 4.69) is 52.4 Å². The lowest BCUT2D eigenvalue weighted by Gasteiger charge is -2.73. The third kappa shape index (κ3) is 1.14. The van der Waals surface area contributed by atoms with Gasteiger partial charge in [0.1, 0.15) is 0 Å². The van der Waals surface area contributed by atoms with Crippen LogP contribution in [0.5, 0.6) is 0 Å². The maximum atomic E-state index is 2.83. The van der Waals surface area contributed by atoms with Crippen molar-refractivity contribution < 1.29 is 0 Å². The van der Waals surface area contributed by atoms with Gasteiger partial charge in [-0.1, -0.05) is 30.3 Å². The fourth-order valence-electron chi connectivity index (χ4n) is 7.73. The number of benzene rings is 1. The molecule has 120 valence electrons. The van der Waals surface area contributed by atoms with E-state index in [1.165, 1.54) is 53.6 Å². The molecule has 2 heterocycles. The molecule has 2 heteroatoms. The second-order valence-electron chi connectivity index (χ2n) is 8.82. The van der Waals surface area contributed by atoms with Crippen LogP contribution in [0.2, 0.25) is 0 Å². The van der Waals surface area contributed by atoms with E-state index < -0.39 is 0 Å². The monoisotopic (exact) mass is 331 g/mol. The Labute approximate surface area is 146 Å². The zero-order valence-corrected chi connectivity index (χ0v) is 14.6. The summed E-state index contributed by atoms with van der Waals surface area (Å²) in [4.78, 5) is 0. The lowest BCUT2D eigenvalue weighted by molar-refractivity contribution is -0.228. The average molecular weight is 331 g/mol. The van der Waals surface area contributed by atoms with Crippen LogP contribution in [0.15, 0.2) is 47.8 Å². The molecule has 1 nitrogen and oxygen atoms in total. The zero-order chi connectivity index (χ0) is 15.5. The summed E-state index contributed by atoms with van der Waals surface area (Å²) in [6, 6.07) is 15.9. The lowest BCUT2D eigenvalue weighted by Crippen LogP contribution is -2.71. The quantitative estimate of drug-likeness (QED) is 0.550. The van der Waals surface area contributed by atoms with Gasteiger partial charge in [-0.15, -0.1) is 11.3 Å². The number of hydrogen-bond donors (Lipinski definition) is 0. The van der Waals surface area contributed by atoms with Crippen molar-refractivity contribution in [1.82, 2.24) is 4.57 Å². The Bertz CT molecular complexity index is 982. The highest BCUT2D eigenvalue weighted by Gasteiger charge is 2.81. The van der Waals surface area contributed by atoms with Crippen LogP contribution in [0.3, 0.4) is 0 Å². The highest BCUT2D eigenvalue weighted by atomic mass is 32.1. The van der Waals surface area contributed by atoms with Gasteiger partial charge in [0, 0.05) is 0 Å². The molecule has 1 spiro atoms. The molecule has 2 bridgehead atoms. The third-order valence-corrected chi connectivity index (χ3v) is 9.12. The predicted molar refractivity (Wildman–Crippen MR) is 99.2 cm³/mol. The molecule has 2 aromatic heterocycles. The molecule has 24 heavy (non-hydrogen) atoms. The predicted octanol–water partition coefficient (Wildman–Crippen LogP) is 5.91. The summed E-state index contributed by atoms with van der Waals surface area (Å²) in [6.45, 7) is 0. The van der Waals surface area contributed by atoms with Crippen molar-refractivity contribution in [2.24, 2.45) is 23.2 Å². The zero-order valence-electron chi connectivity index (χ0n) is 13.7. The number of nitrogens with zero attached hydrogens (tertiary/aromatic N) is 1. The molecule has 0 amide bonds. The molecule has 4 aliphatic rings. The minimum Gasteiger partial charge on any atom is -0.333 e. The minimum absolute atomic E-state index is 0.442. The van der Waals surface area contributed by atoms with E-state index >= 15 is 0 Å². The molecule has 4 fully saturated rings. The van der Waals surface area contributed by atoms with Crippen LogP contribution >= 0.6 is 11.3 Å². The van der Waals surface area contributed by atoms with Crippen molar-refractivity contribution in [2.45, 2.75) is 37.6 Å². The van der Waals surface area contributed by atoms with Crippen molar-refractivity contribution in [3.8, 4) is 11.3 Å². The van der Waals surface area contributed by atoms with Crippen molar-refractivity contribution in [2.75, 3.05) is 0 Å². The SMILES string of the molecule is c1ccc(-c2cc3sccc3n2C23CC4CC5CC(C2)C53C4)cc1. The van der Waals surface area contributed by atoms with Gasteiger partial charge in [0.15, 0.2) is 0 Å². The molecule has 0 radical (unpaired) electrons. The van der Waals surface area contributed by atoms with Crippen molar-refractivity contribution in [3.63, 3.8) is 0 Å². The van der Waals surface area contributed by atoms with Gasteiger partial charge >= 0.3 is 0 Å². The summed E-state index contributed by atoms with van der Waals surface area (Å²) in [7, 11) is 0. The Balaban J connectivity index is 1.53. The van der Waals surface area contributed by atoms with Crippen molar-refractivity contribution in [1.29, 1.82) is 0 Å². The van der Waals surface area contributed by atoms with Gasteiger partial charge in [0.25, 0.3) is 0 Å². The van der Waals surface area contributed by atoms with E-state index in [0.29, 0.717) is 11.0 Å². The van der Waals surface area contributed by atoms with Gasteiger partial charge in [0.2, 0.25) is 0 Å². The van der Waals surface area contributed by atoms with Gasteiger partial charge < -0.3 is 4.57 Å². The second kappa shape index (κ2) is 3.83. The Morgan fingerprint density at radius 1 is 0.958 bits per heavy atom. The lowest BCUT2D eigenvalue weighted by atomic mass is 9.35. The van der Waals surface area contributed by atoms with Crippen molar-refractivity contribution in [3.05, 3.63) is 47.8 Å². The fourth-order valence-corrected chi connectivity index (χ4v) is 8.53. The van der Waals surface area contributed by atoms with Gasteiger partial charge in [0.05, 0.1) is 21.4 Å². The molecule has 0 N–H and O–H groups in total. The van der Waals surface area contributed by atoms with Gasteiger partial charge in [-0.05, 0) is 78.3 Å². The molecular weight excluding hydrogens is 310 g/mol. The molecule has 3 aromatic rings. The first-order valence-corrected chi connectivity index (χ1v) is 10.3. The topological polar surface area (TPSA) is 4.93 Å². The average Bonchev–Trinajstić information content (AvgIpc) is 3.29. The van der Waals surface area contributed by atoms with Crippen molar-refractivity contribution >= 4 is 21.6 Å². The minimum atomic E-state index is 0.442. The molecule has 4 aliphatic carbocycles. The van der Waals surface area contributed by atoms with Crippen LogP contribution in [0.25, 0.3) is 21.5 Å². The van der Waals surface area contributed by atoms with E-state index in [4.69, 9.17) is 0 Å². The normalized spacial score (nSPS) is 41.2. The highest BCUT2D eigenvalue weighted by Crippen LogP contribution is 2.85. The Morgan fingerprint density at radius 3 is 2.71 bits per heavy atom. The number of hydrogen-bond acceptors (Lipinski definition) is 1. The van der Waals surface area contributed by atoms with E-state index in [1.54, 1.807) is 0 Å². The van der Waals surface area contributed by atoms with Crippen LogP contribution in [0.1, 0.15) is 32.1 Å². The van der Waals surface area contributed by atoms with Gasteiger partial charge in [-0.25, -0.2) is 0 Å². The second-order valence-corrected chi connectivity index (χ2v) is 9.76. The summed E-state index contributed by atoms with van der Waals surface area (Å²) < 4.78 is 4.30. The number of thiophene rings is 1. The molecule has 7 rings (SSSR count). The summed E-state index contributed by atoms with van der Waals surface area (Å²) in [6.07, 6.45) is 7.49. The molecule has 5 unspecified atom stereocenters. The standard InChI is InChI=1S/C22H21NS/c1-2-4-15(5-3-1)19-10-20-18(6-7-24-20)23(19)21-11-14-8-16-9-17(13-21)22(16,21)12-14/h1-7,10,14,16-17H,8-9,11-13H2. The Morgan fingerprint density at radius 2 is 1.88 bits per heavy atom. The van der Waals surface area contributed by atoms with Crippen LogP contribution in [-0.4, -0.2) is 4.57 Å². The van der Waals surface area contributed by atoms with Crippen LogP contribution < -0.4 is 0 Å². The van der Waals surface area contributed by atoms with E-state index in [9.17, 15) is 0 Å². The van der Waals surface area contributed by atoms with E-state index in [1.807, 2.05) is 11.3 Å². The van der Waals surface area contributed by atoms with E-state index in [0.717, 1.165) is 17.8 Å².